The molecule has 1 aromatic heterocycles. The van der Waals surface area contributed by atoms with Crippen LogP contribution < -0.4 is 9.62 Å². The zero-order valence-electron chi connectivity index (χ0n) is 18.0. The predicted molar refractivity (Wildman–Crippen MR) is 117 cm³/mol. The monoisotopic (exact) mass is 445 g/mol. The first-order valence-electron chi connectivity index (χ1n) is 10.0. The number of fused-ring (bicyclic) bond motifs is 1. The Kier molecular flexibility index (Phi) is 7.01. The highest BCUT2D eigenvalue weighted by Gasteiger charge is 2.28. The van der Waals surface area contributed by atoms with E-state index in [0.29, 0.717) is 37.4 Å². The molecule has 0 spiro atoms. The maximum absolute atomic E-state index is 12.6. The van der Waals surface area contributed by atoms with E-state index in [1.807, 2.05) is 37.3 Å². The van der Waals surface area contributed by atoms with Gasteiger partial charge in [0.1, 0.15) is 11.6 Å². The van der Waals surface area contributed by atoms with Gasteiger partial charge in [-0.25, -0.2) is 23.1 Å². The summed E-state index contributed by atoms with van der Waals surface area (Å²) in [6.07, 6.45) is 2.72. The fourth-order valence-corrected chi connectivity index (χ4v) is 3.84. The van der Waals surface area contributed by atoms with Crippen LogP contribution in [0, 0.1) is 6.92 Å². The number of carbonyl (C=O) groups is 2. The number of carbonyl (C=O) groups excluding carboxylic acids is 2. The van der Waals surface area contributed by atoms with E-state index in [2.05, 4.69) is 14.7 Å². The van der Waals surface area contributed by atoms with Gasteiger partial charge in [-0.05, 0) is 25.3 Å². The molecular formula is C21H27N5O4S. The van der Waals surface area contributed by atoms with Crippen molar-refractivity contribution in [2.45, 2.75) is 32.7 Å². The Morgan fingerprint density at radius 2 is 1.90 bits per heavy atom. The second kappa shape index (κ2) is 9.52. The van der Waals surface area contributed by atoms with Crippen molar-refractivity contribution >= 4 is 27.7 Å². The third-order valence-corrected chi connectivity index (χ3v) is 5.81. The molecule has 0 bridgehead atoms. The maximum atomic E-state index is 12.6. The van der Waals surface area contributed by atoms with E-state index < -0.39 is 15.9 Å². The zero-order chi connectivity index (χ0) is 22.6. The van der Waals surface area contributed by atoms with E-state index in [4.69, 9.17) is 0 Å². The maximum Gasteiger partial charge on any atom is 0.237 e. The Labute approximate surface area is 182 Å². The van der Waals surface area contributed by atoms with Gasteiger partial charge in [0.05, 0.1) is 19.3 Å². The molecule has 166 valence electrons. The molecule has 1 aromatic carbocycles. The summed E-state index contributed by atoms with van der Waals surface area (Å²) in [6.45, 7) is 2.17. The Balaban J connectivity index is 1.77. The Hall–Kier alpha value is -2.85. The molecule has 2 amide bonds. The van der Waals surface area contributed by atoms with E-state index in [1.54, 1.807) is 11.9 Å². The second-order valence-corrected chi connectivity index (χ2v) is 9.48. The first-order valence-corrected chi connectivity index (χ1v) is 11.9. The van der Waals surface area contributed by atoms with Crippen molar-refractivity contribution in [2.24, 2.45) is 0 Å². The molecule has 0 saturated heterocycles. The molecule has 10 heteroatoms. The molecule has 1 aliphatic heterocycles. The number of hydrogen-bond donors (Lipinski definition) is 1. The fraction of sp³-hybridized carbons (Fsp3) is 0.429. The number of hydrogen-bond acceptors (Lipinski definition) is 6. The summed E-state index contributed by atoms with van der Waals surface area (Å²) >= 11 is 0. The number of rotatable bonds is 8. The van der Waals surface area contributed by atoms with Crippen LogP contribution in [0.15, 0.2) is 30.3 Å². The van der Waals surface area contributed by atoms with Crippen molar-refractivity contribution < 1.29 is 18.0 Å². The van der Waals surface area contributed by atoms with E-state index in [1.165, 1.54) is 4.90 Å². The standard InChI is InChI=1S/C21H27N5O4S/c1-15-17-9-10-19(27)26(12-11-16-7-5-4-6-8-16)21(17)24-18(23-15)14-25(2)20(28)13-22-31(3,29)30/h4-8,22H,9-14H2,1-3H3. The number of nitrogens with one attached hydrogen (secondary N) is 1. The summed E-state index contributed by atoms with van der Waals surface area (Å²) in [5.41, 5.74) is 2.87. The number of aromatic nitrogens is 2. The summed E-state index contributed by atoms with van der Waals surface area (Å²) in [5.74, 6) is 0.631. The molecule has 0 fully saturated rings. The molecule has 0 aliphatic carbocycles. The van der Waals surface area contributed by atoms with Gasteiger partial charge in [-0.3, -0.25) is 14.5 Å². The fourth-order valence-electron chi connectivity index (χ4n) is 3.45. The van der Waals surface area contributed by atoms with Crippen molar-refractivity contribution in [1.82, 2.24) is 19.6 Å². The molecule has 1 N–H and O–H groups in total. The lowest BCUT2D eigenvalue weighted by Crippen LogP contribution is -2.39. The van der Waals surface area contributed by atoms with Crippen LogP contribution in [0.2, 0.25) is 0 Å². The first kappa shape index (κ1) is 22.8. The summed E-state index contributed by atoms with van der Waals surface area (Å²) in [5, 5.41) is 0. The van der Waals surface area contributed by atoms with E-state index in [0.717, 1.165) is 23.1 Å². The van der Waals surface area contributed by atoms with Gasteiger partial charge in [-0.2, -0.15) is 0 Å². The van der Waals surface area contributed by atoms with Gasteiger partial charge >= 0.3 is 0 Å². The highest BCUT2D eigenvalue weighted by atomic mass is 32.2. The SMILES string of the molecule is Cc1nc(CN(C)C(=O)CNS(C)(=O)=O)nc2c1CCC(=O)N2CCc1ccccc1. The molecule has 1 aliphatic rings. The summed E-state index contributed by atoms with van der Waals surface area (Å²) in [6, 6.07) is 9.94. The van der Waals surface area contributed by atoms with Gasteiger partial charge in [-0.15, -0.1) is 0 Å². The highest BCUT2D eigenvalue weighted by Crippen LogP contribution is 2.28. The number of benzene rings is 1. The minimum Gasteiger partial charge on any atom is -0.337 e. The number of nitrogens with zero attached hydrogens (tertiary/aromatic N) is 4. The van der Waals surface area contributed by atoms with Gasteiger partial charge in [0.15, 0.2) is 0 Å². The quantitative estimate of drug-likeness (QED) is 0.644. The van der Waals surface area contributed by atoms with Crippen LogP contribution in [0.1, 0.15) is 29.1 Å². The molecule has 2 heterocycles. The number of amides is 2. The molecular weight excluding hydrogens is 418 g/mol. The van der Waals surface area contributed by atoms with Crippen LogP contribution in [0.5, 0.6) is 0 Å². The molecule has 3 rings (SSSR count). The predicted octanol–water partition coefficient (Wildman–Crippen LogP) is 0.815. The average molecular weight is 446 g/mol. The van der Waals surface area contributed by atoms with Crippen molar-refractivity contribution in [3.8, 4) is 0 Å². The molecule has 0 radical (unpaired) electrons. The zero-order valence-corrected chi connectivity index (χ0v) is 18.8. The lowest BCUT2D eigenvalue weighted by Gasteiger charge is -2.30. The lowest BCUT2D eigenvalue weighted by atomic mass is 10.0. The summed E-state index contributed by atoms with van der Waals surface area (Å²) in [7, 11) is -1.90. The van der Waals surface area contributed by atoms with Crippen LogP contribution >= 0.6 is 0 Å². The Bertz CT molecular complexity index is 1070. The molecule has 0 atom stereocenters. The van der Waals surface area contributed by atoms with Gasteiger partial charge in [-0.1, -0.05) is 30.3 Å². The number of likely N-dealkylation sites (N-methyl/N-ethyl adjacent to an activating group) is 1. The van der Waals surface area contributed by atoms with Crippen LogP contribution in [0.4, 0.5) is 5.82 Å². The number of aryl methyl sites for hydroxylation is 1. The molecule has 9 nitrogen and oxygen atoms in total. The van der Waals surface area contributed by atoms with Crippen LogP contribution in [-0.4, -0.2) is 61.5 Å². The molecule has 0 saturated carbocycles. The second-order valence-electron chi connectivity index (χ2n) is 7.65. The van der Waals surface area contributed by atoms with Crippen molar-refractivity contribution in [3.63, 3.8) is 0 Å². The van der Waals surface area contributed by atoms with Gasteiger partial charge in [0.2, 0.25) is 21.8 Å². The van der Waals surface area contributed by atoms with Crippen LogP contribution in [0.25, 0.3) is 0 Å². The number of sulfonamides is 1. The highest BCUT2D eigenvalue weighted by molar-refractivity contribution is 7.88. The van der Waals surface area contributed by atoms with Crippen LogP contribution in [0.3, 0.4) is 0 Å². The smallest absolute Gasteiger partial charge is 0.237 e. The topological polar surface area (TPSA) is 113 Å². The van der Waals surface area contributed by atoms with Gasteiger partial charge in [0.25, 0.3) is 0 Å². The third-order valence-electron chi connectivity index (χ3n) is 5.14. The number of anilines is 1. The van der Waals surface area contributed by atoms with Crippen LogP contribution in [-0.2, 0) is 39.0 Å². The van der Waals surface area contributed by atoms with E-state index in [-0.39, 0.29) is 19.0 Å². The largest absolute Gasteiger partial charge is 0.337 e. The third kappa shape index (κ3) is 6.08. The van der Waals surface area contributed by atoms with Crippen molar-refractivity contribution in [1.29, 1.82) is 0 Å². The first-order chi connectivity index (χ1) is 14.6. The van der Waals surface area contributed by atoms with Gasteiger partial charge < -0.3 is 4.90 Å². The summed E-state index contributed by atoms with van der Waals surface area (Å²) in [4.78, 5) is 37.1. The van der Waals surface area contributed by atoms with Crippen molar-refractivity contribution in [2.75, 3.05) is 31.3 Å². The van der Waals surface area contributed by atoms with E-state index >= 15 is 0 Å². The Morgan fingerprint density at radius 1 is 1.19 bits per heavy atom. The molecule has 0 unspecified atom stereocenters. The minimum atomic E-state index is -3.46. The summed E-state index contributed by atoms with van der Waals surface area (Å²) < 4.78 is 24.6. The lowest BCUT2D eigenvalue weighted by molar-refractivity contribution is -0.129. The normalized spacial score (nSPS) is 13.8. The van der Waals surface area contributed by atoms with Crippen molar-refractivity contribution in [3.05, 3.63) is 53.0 Å². The van der Waals surface area contributed by atoms with E-state index in [9.17, 15) is 18.0 Å². The molecule has 2 aromatic rings. The average Bonchev–Trinajstić information content (AvgIpc) is 2.71. The minimum absolute atomic E-state index is 0.0225. The Morgan fingerprint density at radius 3 is 2.58 bits per heavy atom. The molecule has 31 heavy (non-hydrogen) atoms. The van der Waals surface area contributed by atoms with Gasteiger partial charge in [0, 0.05) is 31.3 Å².